The van der Waals surface area contributed by atoms with E-state index in [1.54, 1.807) is 0 Å². The molecule has 1 unspecified atom stereocenters. The predicted octanol–water partition coefficient (Wildman–Crippen LogP) is 8.66. The summed E-state index contributed by atoms with van der Waals surface area (Å²) in [6.45, 7) is 3.71. The molecule has 9 nitrogen and oxygen atoms in total. The second-order valence-corrected chi connectivity index (χ2v) is 13.5. The number of aliphatic hydroxyl groups is 1. The predicted molar refractivity (Wildman–Crippen MR) is 189 cm³/mol. The number of ether oxygens (including phenoxy) is 4. The average Bonchev–Trinajstić information content (AvgIpc) is 3.06. The van der Waals surface area contributed by atoms with Gasteiger partial charge in [-0.2, -0.15) is 0 Å². The molecule has 0 spiro atoms. The molecular formula is C37H68O9S. The van der Waals surface area contributed by atoms with Crippen LogP contribution in [0.3, 0.4) is 0 Å². The summed E-state index contributed by atoms with van der Waals surface area (Å²) in [6, 6.07) is 0. The molecule has 0 radical (unpaired) electrons. The summed E-state index contributed by atoms with van der Waals surface area (Å²) in [5, 5.41) is 8.71. The van der Waals surface area contributed by atoms with Gasteiger partial charge in [-0.1, -0.05) is 142 Å². The lowest BCUT2D eigenvalue weighted by atomic mass is 10.1. The first-order chi connectivity index (χ1) is 22.9. The number of rotatable bonds is 35. The van der Waals surface area contributed by atoms with E-state index in [2.05, 4.69) is 13.8 Å². The van der Waals surface area contributed by atoms with Crippen LogP contribution in [-0.4, -0.2) is 73.0 Å². The molecule has 0 aliphatic heterocycles. The number of aliphatic hydroxyl groups excluding tert-OH is 1. The monoisotopic (exact) mass is 688 g/mol. The van der Waals surface area contributed by atoms with Crippen LogP contribution in [0.4, 0.5) is 0 Å². The molecule has 0 bridgehead atoms. The van der Waals surface area contributed by atoms with Crippen molar-refractivity contribution in [2.45, 2.75) is 174 Å². The lowest BCUT2D eigenvalue weighted by Crippen LogP contribution is -2.31. The van der Waals surface area contributed by atoms with E-state index in [9.17, 15) is 19.2 Å². The molecule has 0 saturated heterocycles. The Balaban J connectivity index is 4.37. The molecule has 0 heterocycles. The van der Waals surface area contributed by atoms with Crippen LogP contribution in [0.1, 0.15) is 168 Å². The normalized spacial score (nSPS) is 11.6. The van der Waals surface area contributed by atoms with Crippen LogP contribution in [0.5, 0.6) is 0 Å². The first-order valence-corrected chi connectivity index (χ1v) is 19.9. The highest BCUT2D eigenvalue weighted by Crippen LogP contribution is 2.14. The third-order valence-corrected chi connectivity index (χ3v) is 8.80. The SMILES string of the molecule is CCCCCCCCCCCCCC(=O)OCC(COC(=O)CSCC(=O)OCCO)OC(=O)CCCCCCCCCCCCC. The van der Waals surface area contributed by atoms with Gasteiger partial charge in [-0.15, -0.1) is 11.8 Å². The van der Waals surface area contributed by atoms with E-state index in [4.69, 9.17) is 24.1 Å². The highest BCUT2D eigenvalue weighted by atomic mass is 32.2. The molecule has 1 N–H and O–H groups in total. The number of thioether (sulfide) groups is 1. The minimum absolute atomic E-state index is 0.0524. The van der Waals surface area contributed by atoms with Gasteiger partial charge in [-0.05, 0) is 12.8 Å². The standard InChI is InChI=1S/C37H68O9S/c1-3-5-7-9-11-13-15-17-19-21-23-25-34(39)44-29-33(30-45-37(42)32-47-31-36(41)43-28-27-38)46-35(40)26-24-22-20-18-16-14-12-10-8-6-4-2/h33,38H,3-32H2,1-2H3. The van der Waals surface area contributed by atoms with Crippen molar-refractivity contribution >= 4 is 35.6 Å². The van der Waals surface area contributed by atoms with Crippen molar-refractivity contribution in [3.63, 3.8) is 0 Å². The van der Waals surface area contributed by atoms with E-state index in [1.165, 1.54) is 103 Å². The Morgan fingerprint density at radius 1 is 0.489 bits per heavy atom. The van der Waals surface area contributed by atoms with E-state index in [-0.39, 0.29) is 50.3 Å². The topological polar surface area (TPSA) is 125 Å². The minimum atomic E-state index is -0.889. The molecule has 0 aromatic carbocycles. The van der Waals surface area contributed by atoms with Crippen molar-refractivity contribution in [1.82, 2.24) is 0 Å². The van der Waals surface area contributed by atoms with Crippen molar-refractivity contribution in [1.29, 1.82) is 0 Å². The zero-order chi connectivity index (χ0) is 34.6. The van der Waals surface area contributed by atoms with Crippen molar-refractivity contribution in [3.05, 3.63) is 0 Å². The quantitative estimate of drug-likeness (QED) is 0.0393. The number of carbonyl (C=O) groups excluding carboxylic acids is 4. The van der Waals surface area contributed by atoms with Gasteiger partial charge in [0.2, 0.25) is 0 Å². The van der Waals surface area contributed by atoms with Crippen molar-refractivity contribution < 1.29 is 43.2 Å². The highest BCUT2D eigenvalue weighted by Gasteiger charge is 2.20. The third-order valence-electron chi connectivity index (χ3n) is 7.92. The van der Waals surface area contributed by atoms with Crippen molar-refractivity contribution in [3.8, 4) is 0 Å². The summed E-state index contributed by atoms with van der Waals surface area (Å²) in [5.41, 5.74) is 0. The van der Waals surface area contributed by atoms with Gasteiger partial charge in [0.25, 0.3) is 0 Å². The Bertz CT molecular complexity index is 762. The van der Waals surface area contributed by atoms with Crippen LogP contribution in [0, 0.1) is 0 Å². The number of esters is 4. The summed E-state index contributed by atoms with van der Waals surface area (Å²) in [5.74, 6) is -2.01. The molecular weight excluding hydrogens is 620 g/mol. The number of hydrogen-bond acceptors (Lipinski definition) is 10. The lowest BCUT2D eigenvalue weighted by molar-refractivity contribution is -0.166. The fraction of sp³-hybridized carbons (Fsp3) is 0.892. The van der Waals surface area contributed by atoms with Gasteiger partial charge < -0.3 is 24.1 Å². The zero-order valence-electron chi connectivity index (χ0n) is 29.9. The van der Waals surface area contributed by atoms with Gasteiger partial charge in [-0.3, -0.25) is 19.2 Å². The van der Waals surface area contributed by atoms with Gasteiger partial charge in [0.05, 0.1) is 18.1 Å². The number of carbonyl (C=O) groups is 4. The van der Waals surface area contributed by atoms with Crippen LogP contribution < -0.4 is 0 Å². The maximum atomic E-state index is 12.5. The molecule has 0 aromatic rings. The van der Waals surface area contributed by atoms with Crippen LogP contribution in [0.15, 0.2) is 0 Å². The summed E-state index contributed by atoms with van der Waals surface area (Å²) in [4.78, 5) is 48.6. The van der Waals surface area contributed by atoms with Crippen LogP contribution >= 0.6 is 11.8 Å². The maximum Gasteiger partial charge on any atom is 0.316 e. The molecule has 0 amide bonds. The van der Waals surface area contributed by atoms with Crippen LogP contribution in [0.25, 0.3) is 0 Å². The van der Waals surface area contributed by atoms with E-state index in [1.807, 2.05) is 0 Å². The average molecular weight is 689 g/mol. The fourth-order valence-electron chi connectivity index (χ4n) is 5.13. The first-order valence-electron chi connectivity index (χ1n) is 18.8. The molecule has 0 rings (SSSR count). The van der Waals surface area contributed by atoms with Gasteiger partial charge in [0.15, 0.2) is 6.10 Å². The molecule has 0 aliphatic rings. The molecule has 1 atom stereocenters. The fourth-order valence-corrected chi connectivity index (χ4v) is 5.73. The molecule has 10 heteroatoms. The van der Waals surface area contributed by atoms with E-state index in [0.29, 0.717) is 6.42 Å². The van der Waals surface area contributed by atoms with Crippen molar-refractivity contribution in [2.24, 2.45) is 0 Å². The lowest BCUT2D eigenvalue weighted by Gasteiger charge is -2.18. The van der Waals surface area contributed by atoms with Crippen LogP contribution in [-0.2, 0) is 38.1 Å². The zero-order valence-corrected chi connectivity index (χ0v) is 30.7. The first kappa shape index (κ1) is 45.2. The largest absolute Gasteiger partial charge is 0.463 e. The van der Waals surface area contributed by atoms with Crippen molar-refractivity contribution in [2.75, 3.05) is 37.9 Å². The van der Waals surface area contributed by atoms with Gasteiger partial charge >= 0.3 is 23.9 Å². The minimum Gasteiger partial charge on any atom is -0.463 e. The smallest absolute Gasteiger partial charge is 0.316 e. The number of unbranched alkanes of at least 4 members (excludes halogenated alkanes) is 20. The summed E-state index contributed by atoms with van der Waals surface area (Å²) in [7, 11) is 0. The van der Waals surface area contributed by atoms with E-state index < -0.39 is 24.0 Å². The van der Waals surface area contributed by atoms with E-state index in [0.717, 1.165) is 50.3 Å². The summed E-state index contributed by atoms with van der Waals surface area (Å²) < 4.78 is 21.0. The molecule has 47 heavy (non-hydrogen) atoms. The molecule has 0 fully saturated rings. The summed E-state index contributed by atoms with van der Waals surface area (Å²) >= 11 is 1.03. The third kappa shape index (κ3) is 33.9. The van der Waals surface area contributed by atoms with E-state index >= 15 is 0 Å². The molecule has 0 saturated carbocycles. The Morgan fingerprint density at radius 3 is 1.28 bits per heavy atom. The van der Waals surface area contributed by atoms with Gasteiger partial charge in [0, 0.05) is 12.8 Å². The van der Waals surface area contributed by atoms with Crippen LogP contribution in [0.2, 0.25) is 0 Å². The Hall–Kier alpha value is -1.81. The Kier molecular flexibility index (Phi) is 34.1. The Morgan fingerprint density at radius 2 is 0.851 bits per heavy atom. The Labute approximate surface area is 290 Å². The second kappa shape index (κ2) is 35.5. The maximum absolute atomic E-state index is 12.5. The van der Waals surface area contributed by atoms with Gasteiger partial charge in [-0.25, -0.2) is 0 Å². The molecule has 0 aliphatic carbocycles. The highest BCUT2D eigenvalue weighted by molar-refractivity contribution is 8.00. The molecule has 276 valence electrons. The molecule has 0 aromatic heterocycles. The summed E-state index contributed by atoms with van der Waals surface area (Å²) in [6.07, 6.45) is 25.8. The van der Waals surface area contributed by atoms with Gasteiger partial charge in [0.1, 0.15) is 19.8 Å². The second-order valence-electron chi connectivity index (χ2n) is 12.5. The number of hydrogen-bond donors (Lipinski definition) is 1.